The van der Waals surface area contributed by atoms with Crippen LogP contribution in [-0.4, -0.2) is 27.6 Å². The first-order valence-corrected chi connectivity index (χ1v) is 9.67. The second kappa shape index (κ2) is 8.15. The number of thiocarbonyl (C=S) groups is 1. The fraction of sp³-hybridized carbons (Fsp3) is 0.118. The molecule has 1 saturated heterocycles. The van der Waals surface area contributed by atoms with Crippen molar-refractivity contribution in [3.8, 4) is 0 Å². The Bertz CT molecular complexity index is 849. The van der Waals surface area contributed by atoms with Crippen molar-refractivity contribution in [1.82, 2.24) is 4.90 Å². The number of hydrogen-bond donors (Lipinski definition) is 1. The summed E-state index contributed by atoms with van der Waals surface area (Å²) in [5.41, 5.74) is 0.736. The lowest BCUT2D eigenvalue weighted by molar-refractivity contribution is -0.122. The van der Waals surface area contributed by atoms with Crippen molar-refractivity contribution >= 4 is 74.5 Å². The molecule has 0 spiro atoms. The van der Waals surface area contributed by atoms with E-state index in [0.29, 0.717) is 15.0 Å². The number of benzene rings is 1. The summed E-state index contributed by atoms with van der Waals surface area (Å²) in [7, 11) is 0. The lowest BCUT2D eigenvalue weighted by atomic mass is 10.3. The number of nitrogens with one attached hydrogen (secondary N) is 1. The highest BCUT2D eigenvalue weighted by atomic mass is 127. The number of hydrogen-bond acceptors (Lipinski definition) is 5. The van der Waals surface area contributed by atoms with E-state index in [4.69, 9.17) is 16.6 Å². The molecule has 1 aliphatic heterocycles. The van der Waals surface area contributed by atoms with E-state index in [-0.39, 0.29) is 24.8 Å². The van der Waals surface area contributed by atoms with Crippen LogP contribution >= 0.6 is 46.6 Å². The maximum atomic E-state index is 12.4. The number of amides is 2. The lowest BCUT2D eigenvalue weighted by Gasteiger charge is -2.14. The second-order valence-electron chi connectivity index (χ2n) is 5.16. The Morgan fingerprint density at radius 1 is 1.36 bits per heavy atom. The Morgan fingerprint density at radius 2 is 2.20 bits per heavy atom. The zero-order valence-electron chi connectivity index (χ0n) is 12.9. The molecular weight excluding hydrogens is 471 g/mol. The summed E-state index contributed by atoms with van der Waals surface area (Å²) in [5.74, 6) is 0.233. The summed E-state index contributed by atoms with van der Waals surface area (Å²) in [6, 6.07) is 11.0. The molecule has 8 heteroatoms. The van der Waals surface area contributed by atoms with Gasteiger partial charge in [-0.2, -0.15) is 0 Å². The minimum absolute atomic E-state index is 0.161. The molecule has 0 saturated carbocycles. The van der Waals surface area contributed by atoms with E-state index in [1.54, 1.807) is 24.5 Å². The van der Waals surface area contributed by atoms with Crippen LogP contribution in [-0.2, 0) is 9.59 Å². The Hall–Kier alpha value is -1.65. The molecule has 2 aromatic rings. The van der Waals surface area contributed by atoms with Crippen LogP contribution in [0.2, 0.25) is 0 Å². The highest BCUT2D eigenvalue weighted by molar-refractivity contribution is 14.1. The van der Waals surface area contributed by atoms with Crippen LogP contribution in [0.4, 0.5) is 5.69 Å². The van der Waals surface area contributed by atoms with E-state index in [1.165, 1.54) is 16.7 Å². The minimum Gasteiger partial charge on any atom is -0.465 e. The van der Waals surface area contributed by atoms with Crippen molar-refractivity contribution in [2.45, 2.75) is 6.42 Å². The number of anilines is 1. The molecule has 0 aliphatic carbocycles. The third-order valence-electron chi connectivity index (χ3n) is 3.36. The Balaban J connectivity index is 1.58. The van der Waals surface area contributed by atoms with Crippen LogP contribution in [0.5, 0.6) is 0 Å². The van der Waals surface area contributed by atoms with Gasteiger partial charge >= 0.3 is 0 Å². The summed E-state index contributed by atoms with van der Waals surface area (Å²) in [4.78, 5) is 26.5. The molecule has 1 N–H and O–H groups in total. The van der Waals surface area contributed by atoms with E-state index < -0.39 is 0 Å². The second-order valence-corrected chi connectivity index (χ2v) is 8.08. The maximum Gasteiger partial charge on any atom is 0.266 e. The van der Waals surface area contributed by atoms with Gasteiger partial charge in [0.1, 0.15) is 10.1 Å². The van der Waals surface area contributed by atoms with Crippen molar-refractivity contribution in [1.29, 1.82) is 0 Å². The van der Waals surface area contributed by atoms with Gasteiger partial charge in [0.15, 0.2) is 0 Å². The van der Waals surface area contributed by atoms with Crippen LogP contribution in [0, 0.1) is 3.57 Å². The molecule has 0 radical (unpaired) electrons. The topological polar surface area (TPSA) is 62.6 Å². The number of furan rings is 1. The Morgan fingerprint density at radius 3 is 2.92 bits per heavy atom. The molecule has 2 heterocycles. The molecule has 25 heavy (non-hydrogen) atoms. The maximum absolute atomic E-state index is 12.4. The highest BCUT2D eigenvalue weighted by Gasteiger charge is 2.32. The Labute approximate surface area is 168 Å². The molecule has 1 aromatic carbocycles. The fourth-order valence-corrected chi connectivity index (χ4v) is 4.03. The number of halogens is 1. The molecule has 1 fully saturated rings. The Kier molecular flexibility index (Phi) is 5.92. The summed E-state index contributed by atoms with van der Waals surface area (Å²) >= 11 is 8.65. The zero-order valence-corrected chi connectivity index (χ0v) is 16.7. The van der Waals surface area contributed by atoms with Gasteiger partial charge in [0, 0.05) is 28.3 Å². The largest absolute Gasteiger partial charge is 0.465 e. The lowest BCUT2D eigenvalue weighted by Crippen LogP contribution is -2.31. The van der Waals surface area contributed by atoms with Crippen molar-refractivity contribution in [3.05, 3.63) is 56.9 Å². The first-order valence-electron chi connectivity index (χ1n) is 7.37. The average Bonchev–Trinajstić information content (AvgIpc) is 3.15. The highest BCUT2D eigenvalue weighted by Crippen LogP contribution is 2.32. The normalized spacial score (nSPS) is 15.9. The SMILES string of the molecule is O=C(CCN1C(=O)C(=Cc2ccco2)SC1=S)Nc1cccc(I)c1. The van der Waals surface area contributed by atoms with E-state index in [9.17, 15) is 9.59 Å². The van der Waals surface area contributed by atoms with Gasteiger partial charge in [-0.3, -0.25) is 14.5 Å². The van der Waals surface area contributed by atoms with Gasteiger partial charge in [-0.1, -0.05) is 30.0 Å². The van der Waals surface area contributed by atoms with Gasteiger partial charge in [-0.05, 0) is 52.9 Å². The van der Waals surface area contributed by atoms with Gasteiger partial charge in [0.25, 0.3) is 5.91 Å². The third-order valence-corrected chi connectivity index (χ3v) is 5.41. The quantitative estimate of drug-likeness (QED) is 0.393. The van der Waals surface area contributed by atoms with E-state index in [1.807, 2.05) is 24.3 Å². The average molecular weight is 484 g/mol. The van der Waals surface area contributed by atoms with Crippen LogP contribution < -0.4 is 5.32 Å². The third kappa shape index (κ3) is 4.71. The molecule has 1 aromatic heterocycles. The van der Waals surface area contributed by atoms with Crippen LogP contribution in [0.25, 0.3) is 6.08 Å². The molecule has 5 nitrogen and oxygen atoms in total. The summed E-state index contributed by atoms with van der Waals surface area (Å²) in [6.45, 7) is 0.246. The van der Waals surface area contributed by atoms with Crippen molar-refractivity contribution in [3.63, 3.8) is 0 Å². The molecule has 0 bridgehead atoms. The molecule has 3 rings (SSSR count). The van der Waals surface area contributed by atoms with Crippen molar-refractivity contribution in [2.24, 2.45) is 0 Å². The molecule has 1 aliphatic rings. The van der Waals surface area contributed by atoms with Crippen LogP contribution in [0.15, 0.2) is 52.0 Å². The smallest absolute Gasteiger partial charge is 0.266 e. The zero-order chi connectivity index (χ0) is 17.8. The predicted octanol–water partition coefficient (Wildman–Crippen LogP) is 4.11. The van der Waals surface area contributed by atoms with E-state index in [0.717, 1.165) is 9.26 Å². The van der Waals surface area contributed by atoms with Gasteiger partial charge in [-0.15, -0.1) is 0 Å². The van der Waals surface area contributed by atoms with Gasteiger partial charge in [0.05, 0.1) is 11.2 Å². The van der Waals surface area contributed by atoms with Gasteiger partial charge in [-0.25, -0.2) is 0 Å². The molecule has 0 atom stereocenters. The van der Waals surface area contributed by atoms with Crippen molar-refractivity contribution in [2.75, 3.05) is 11.9 Å². The number of carbonyl (C=O) groups is 2. The predicted molar refractivity (Wildman–Crippen MR) is 111 cm³/mol. The minimum atomic E-state index is -0.201. The molecule has 128 valence electrons. The van der Waals surface area contributed by atoms with Gasteiger partial charge < -0.3 is 9.73 Å². The number of carbonyl (C=O) groups excluding carboxylic acids is 2. The molecular formula is C17H13IN2O3S2. The van der Waals surface area contributed by atoms with E-state index in [2.05, 4.69) is 27.9 Å². The summed E-state index contributed by atoms with van der Waals surface area (Å²) in [5, 5.41) is 2.82. The summed E-state index contributed by atoms with van der Waals surface area (Å²) < 4.78 is 6.71. The van der Waals surface area contributed by atoms with Crippen LogP contribution in [0.1, 0.15) is 12.2 Å². The first-order chi connectivity index (χ1) is 12.0. The standard InChI is InChI=1S/C17H13IN2O3S2/c18-11-3-1-4-12(9-11)19-15(21)6-7-20-16(22)14(25-17(20)24)10-13-5-2-8-23-13/h1-5,8-10H,6-7H2,(H,19,21). The molecule has 2 amide bonds. The summed E-state index contributed by atoms with van der Waals surface area (Å²) in [6.07, 6.45) is 3.37. The van der Waals surface area contributed by atoms with E-state index >= 15 is 0 Å². The first kappa shape index (κ1) is 18.2. The molecule has 0 unspecified atom stereocenters. The monoisotopic (exact) mass is 484 g/mol. The number of nitrogens with zero attached hydrogens (tertiary/aromatic N) is 1. The van der Waals surface area contributed by atoms with Gasteiger partial charge in [0.2, 0.25) is 5.91 Å². The number of thioether (sulfide) groups is 1. The number of rotatable bonds is 5. The van der Waals surface area contributed by atoms with Crippen LogP contribution in [0.3, 0.4) is 0 Å². The fourth-order valence-electron chi connectivity index (χ4n) is 2.20. The van der Waals surface area contributed by atoms with Crippen molar-refractivity contribution < 1.29 is 14.0 Å².